The van der Waals surface area contributed by atoms with Gasteiger partial charge in [-0.25, -0.2) is 14.4 Å². The molecule has 0 unspecified atom stereocenters. The van der Waals surface area contributed by atoms with Crippen molar-refractivity contribution in [2.45, 2.75) is 0 Å². The van der Waals surface area contributed by atoms with E-state index in [-0.39, 0.29) is 22.9 Å². The van der Waals surface area contributed by atoms with Gasteiger partial charge in [0.25, 0.3) is 5.91 Å². The fourth-order valence-corrected chi connectivity index (χ4v) is 3.50. The van der Waals surface area contributed by atoms with Gasteiger partial charge < -0.3 is 9.80 Å². The molecule has 1 amide bonds. The molecule has 2 heterocycles. The molecule has 0 aliphatic carbocycles. The van der Waals surface area contributed by atoms with E-state index in [1.807, 2.05) is 35.2 Å². The zero-order valence-electron chi connectivity index (χ0n) is 16.9. The van der Waals surface area contributed by atoms with Crippen molar-refractivity contribution in [1.29, 1.82) is 0 Å². The van der Waals surface area contributed by atoms with Gasteiger partial charge in [0, 0.05) is 31.9 Å². The zero-order valence-corrected chi connectivity index (χ0v) is 16.9. The van der Waals surface area contributed by atoms with Gasteiger partial charge in [-0.2, -0.15) is 0 Å². The van der Waals surface area contributed by atoms with Crippen molar-refractivity contribution >= 4 is 28.9 Å². The maximum absolute atomic E-state index is 13.8. The highest BCUT2D eigenvalue weighted by Crippen LogP contribution is 2.32. The molecule has 10 nitrogen and oxygen atoms in total. The largest absolute Gasteiger partial charge is 0.368 e. The SMILES string of the molecule is O=C(NNc1ncnc(N2CCN(c3ccccc3)CC2)c1[N+](=O)[O-])c1ccccc1F. The molecule has 4 rings (SSSR count). The van der Waals surface area contributed by atoms with E-state index in [1.165, 1.54) is 24.5 Å². The number of hydrazine groups is 1. The monoisotopic (exact) mass is 437 g/mol. The standard InChI is InChI=1S/C21H20FN7O3/c22-17-9-5-4-8-16(17)21(30)26-25-19-18(29(31)32)20(24-14-23-19)28-12-10-27(11-13-28)15-6-2-1-3-7-15/h1-9,14H,10-13H2,(H,26,30)(H,23,24,25). The summed E-state index contributed by atoms with van der Waals surface area (Å²) in [6, 6.07) is 15.3. The first-order valence-corrected chi connectivity index (χ1v) is 9.90. The van der Waals surface area contributed by atoms with Crippen LogP contribution >= 0.6 is 0 Å². The number of amides is 1. The molecule has 0 saturated carbocycles. The molecule has 32 heavy (non-hydrogen) atoms. The normalized spacial score (nSPS) is 13.5. The van der Waals surface area contributed by atoms with Gasteiger partial charge in [0.15, 0.2) is 0 Å². The number of rotatable bonds is 6. The number of carbonyl (C=O) groups is 1. The van der Waals surface area contributed by atoms with Crippen molar-refractivity contribution in [3.05, 3.63) is 82.4 Å². The number of halogens is 1. The van der Waals surface area contributed by atoms with E-state index in [2.05, 4.69) is 25.7 Å². The van der Waals surface area contributed by atoms with E-state index in [0.717, 1.165) is 11.8 Å². The van der Waals surface area contributed by atoms with Crippen molar-refractivity contribution < 1.29 is 14.1 Å². The average Bonchev–Trinajstić information content (AvgIpc) is 2.83. The summed E-state index contributed by atoms with van der Waals surface area (Å²) >= 11 is 0. The predicted octanol–water partition coefficient (Wildman–Crippen LogP) is 2.61. The van der Waals surface area contributed by atoms with Gasteiger partial charge in [0.1, 0.15) is 12.1 Å². The Bertz CT molecular complexity index is 1120. The predicted molar refractivity (Wildman–Crippen MR) is 117 cm³/mol. The minimum absolute atomic E-state index is 0.153. The van der Waals surface area contributed by atoms with Crippen LogP contribution in [0.25, 0.3) is 0 Å². The third kappa shape index (κ3) is 4.41. The molecule has 164 valence electrons. The molecule has 0 atom stereocenters. The summed E-state index contributed by atoms with van der Waals surface area (Å²) in [5.74, 6) is -1.52. The third-order valence-corrected chi connectivity index (χ3v) is 5.10. The maximum atomic E-state index is 13.8. The lowest BCUT2D eigenvalue weighted by Crippen LogP contribution is -2.47. The van der Waals surface area contributed by atoms with Crippen LogP contribution in [0, 0.1) is 15.9 Å². The molecule has 1 saturated heterocycles. The van der Waals surface area contributed by atoms with Gasteiger partial charge in [-0.05, 0) is 24.3 Å². The summed E-state index contributed by atoms with van der Waals surface area (Å²) in [5, 5.41) is 11.8. The summed E-state index contributed by atoms with van der Waals surface area (Å²) in [6.45, 7) is 2.37. The number of hydrogen-bond donors (Lipinski definition) is 2. The Morgan fingerprint density at radius 3 is 2.31 bits per heavy atom. The van der Waals surface area contributed by atoms with Crippen LogP contribution in [0.5, 0.6) is 0 Å². The Balaban J connectivity index is 1.49. The van der Waals surface area contributed by atoms with Crippen LogP contribution in [0.1, 0.15) is 10.4 Å². The first-order valence-electron chi connectivity index (χ1n) is 9.90. The van der Waals surface area contributed by atoms with Gasteiger partial charge in [-0.15, -0.1) is 0 Å². The number of nitrogens with one attached hydrogen (secondary N) is 2. The molecule has 3 aromatic rings. The van der Waals surface area contributed by atoms with Crippen molar-refractivity contribution in [1.82, 2.24) is 15.4 Å². The van der Waals surface area contributed by atoms with Crippen molar-refractivity contribution in [3.8, 4) is 0 Å². The summed E-state index contributed by atoms with van der Waals surface area (Å²) in [6.07, 6.45) is 1.18. The molecule has 1 aromatic heterocycles. The zero-order chi connectivity index (χ0) is 22.5. The number of nitro groups is 1. The molecule has 1 aliphatic rings. The highest BCUT2D eigenvalue weighted by Gasteiger charge is 2.29. The fourth-order valence-electron chi connectivity index (χ4n) is 3.50. The smallest absolute Gasteiger partial charge is 0.355 e. The van der Waals surface area contributed by atoms with Crippen LogP contribution in [0.15, 0.2) is 60.9 Å². The van der Waals surface area contributed by atoms with Crippen LogP contribution < -0.4 is 20.7 Å². The average molecular weight is 437 g/mol. The van der Waals surface area contributed by atoms with Gasteiger partial charge >= 0.3 is 5.69 Å². The lowest BCUT2D eigenvalue weighted by atomic mass is 10.2. The van der Waals surface area contributed by atoms with Gasteiger partial charge in [-0.1, -0.05) is 30.3 Å². The molecular formula is C21H20FN7O3. The van der Waals surface area contributed by atoms with E-state index in [0.29, 0.717) is 26.2 Å². The maximum Gasteiger partial charge on any atom is 0.355 e. The topological polar surface area (TPSA) is 117 Å². The molecular weight excluding hydrogens is 417 g/mol. The minimum atomic E-state index is -0.783. The van der Waals surface area contributed by atoms with E-state index in [4.69, 9.17) is 0 Å². The summed E-state index contributed by atoms with van der Waals surface area (Å²) in [7, 11) is 0. The number of nitrogens with zero attached hydrogens (tertiary/aromatic N) is 5. The number of piperazine rings is 1. The lowest BCUT2D eigenvalue weighted by molar-refractivity contribution is -0.383. The molecule has 0 spiro atoms. The van der Waals surface area contributed by atoms with E-state index in [1.54, 1.807) is 0 Å². The second-order valence-corrected chi connectivity index (χ2v) is 7.02. The number of para-hydroxylation sites is 1. The molecule has 2 aromatic carbocycles. The Kier molecular flexibility index (Phi) is 6.06. The highest BCUT2D eigenvalue weighted by atomic mass is 19.1. The molecule has 1 fully saturated rings. The second-order valence-electron chi connectivity index (χ2n) is 7.02. The second kappa shape index (κ2) is 9.25. The summed E-state index contributed by atoms with van der Waals surface area (Å²) in [5.41, 5.74) is 5.22. The fraction of sp³-hybridized carbons (Fsp3) is 0.190. The van der Waals surface area contributed by atoms with Crippen molar-refractivity contribution in [3.63, 3.8) is 0 Å². The Hall–Kier alpha value is -4.28. The van der Waals surface area contributed by atoms with Gasteiger partial charge in [0.05, 0.1) is 10.5 Å². The number of anilines is 3. The molecule has 0 radical (unpaired) electrons. The Morgan fingerprint density at radius 1 is 0.969 bits per heavy atom. The quantitative estimate of drug-likeness (QED) is 0.447. The van der Waals surface area contributed by atoms with Crippen molar-refractivity contribution in [2.24, 2.45) is 0 Å². The van der Waals surface area contributed by atoms with Gasteiger partial charge in [0.2, 0.25) is 11.6 Å². The first-order chi connectivity index (χ1) is 15.5. The molecule has 1 aliphatic heterocycles. The van der Waals surface area contributed by atoms with Crippen LogP contribution in [0.3, 0.4) is 0 Å². The van der Waals surface area contributed by atoms with Crippen LogP contribution in [-0.2, 0) is 0 Å². The number of benzene rings is 2. The van der Waals surface area contributed by atoms with Crippen LogP contribution in [-0.4, -0.2) is 47.0 Å². The van der Waals surface area contributed by atoms with E-state index >= 15 is 0 Å². The van der Waals surface area contributed by atoms with Crippen LogP contribution in [0.2, 0.25) is 0 Å². The van der Waals surface area contributed by atoms with E-state index < -0.39 is 16.6 Å². The third-order valence-electron chi connectivity index (χ3n) is 5.10. The highest BCUT2D eigenvalue weighted by molar-refractivity contribution is 5.95. The molecule has 0 bridgehead atoms. The Labute approximate surface area is 182 Å². The molecule has 2 N–H and O–H groups in total. The lowest BCUT2D eigenvalue weighted by Gasteiger charge is -2.36. The van der Waals surface area contributed by atoms with E-state index in [9.17, 15) is 19.3 Å². The van der Waals surface area contributed by atoms with Crippen molar-refractivity contribution in [2.75, 3.05) is 41.4 Å². The number of carbonyl (C=O) groups excluding carboxylic acids is 1. The minimum Gasteiger partial charge on any atom is -0.368 e. The number of aromatic nitrogens is 2. The number of hydrogen-bond acceptors (Lipinski definition) is 8. The summed E-state index contributed by atoms with van der Waals surface area (Å²) in [4.78, 5) is 35.5. The Morgan fingerprint density at radius 2 is 1.62 bits per heavy atom. The van der Waals surface area contributed by atoms with Gasteiger partial charge in [-0.3, -0.25) is 25.8 Å². The summed E-state index contributed by atoms with van der Waals surface area (Å²) < 4.78 is 13.8. The van der Waals surface area contributed by atoms with Crippen LogP contribution in [0.4, 0.5) is 27.4 Å². The molecule has 11 heteroatoms. The first kappa shape index (κ1) is 21.0.